The molecule has 2 aliphatic rings. The molecule has 0 spiro atoms. The number of carbonyl (C=O) groups is 3. The molecule has 2 aliphatic heterocycles. The maximum atomic E-state index is 12.9. The number of nitrogens with zero attached hydrogens (tertiary/aromatic N) is 3. The second-order valence-electron chi connectivity index (χ2n) is 8.12. The Morgan fingerprint density at radius 3 is 2.30 bits per heavy atom. The molecular formula is C22H31N3O5. The molecule has 30 heavy (non-hydrogen) atoms. The van der Waals surface area contributed by atoms with Gasteiger partial charge in [0.05, 0.1) is 30.1 Å². The van der Waals surface area contributed by atoms with E-state index in [2.05, 4.69) is 4.98 Å². The monoisotopic (exact) mass is 417 g/mol. The normalized spacial score (nSPS) is 22.7. The Kier molecular flexibility index (Phi) is 7.07. The van der Waals surface area contributed by atoms with E-state index in [1.165, 1.54) is 0 Å². The van der Waals surface area contributed by atoms with Gasteiger partial charge in [0.1, 0.15) is 5.69 Å². The van der Waals surface area contributed by atoms with Crippen molar-refractivity contribution in [3.63, 3.8) is 0 Å². The number of piperidine rings is 1. The lowest BCUT2D eigenvalue weighted by molar-refractivity contribution is -0.148. The number of amides is 2. The number of aromatic nitrogens is 1. The SMILES string of the molecule is CCOC(=O)c1ccc(C(=O)N2CCC(C(=O)N3CC(C)OC(C)C3)CC2)nc1C. The number of esters is 1. The Bertz CT molecular complexity index is 794. The molecule has 2 atom stereocenters. The predicted molar refractivity (Wildman–Crippen MR) is 110 cm³/mol. The lowest BCUT2D eigenvalue weighted by atomic mass is 9.94. The van der Waals surface area contributed by atoms with Crippen molar-refractivity contribution >= 4 is 17.8 Å². The van der Waals surface area contributed by atoms with Crippen molar-refractivity contribution < 1.29 is 23.9 Å². The molecule has 0 bridgehead atoms. The highest BCUT2D eigenvalue weighted by Crippen LogP contribution is 2.23. The van der Waals surface area contributed by atoms with Gasteiger partial charge in [-0.25, -0.2) is 9.78 Å². The number of aryl methyl sites for hydroxylation is 1. The molecule has 1 aromatic heterocycles. The fraction of sp³-hybridized carbons (Fsp3) is 0.636. The predicted octanol–water partition coefficient (Wildman–Crippen LogP) is 2.05. The van der Waals surface area contributed by atoms with Crippen LogP contribution in [0.25, 0.3) is 0 Å². The number of rotatable bonds is 4. The fourth-order valence-electron chi connectivity index (χ4n) is 4.21. The van der Waals surface area contributed by atoms with Gasteiger partial charge in [-0.2, -0.15) is 0 Å². The first-order valence-corrected chi connectivity index (χ1v) is 10.7. The smallest absolute Gasteiger partial charge is 0.339 e. The zero-order valence-corrected chi connectivity index (χ0v) is 18.2. The number of carbonyl (C=O) groups excluding carboxylic acids is 3. The number of hydrogen-bond acceptors (Lipinski definition) is 6. The van der Waals surface area contributed by atoms with Crippen molar-refractivity contribution in [3.05, 3.63) is 29.1 Å². The number of morpholine rings is 1. The van der Waals surface area contributed by atoms with Crippen LogP contribution < -0.4 is 0 Å². The van der Waals surface area contributed by atoms with Crippen molar-refractivity contribution in [1.29, 1.82) is 0 Å². The summed E-state index contributed by atoms with van der Waals surface area (Å²) in [5.41, 5.74) is 1.15. The molecule has 0 N–H and O–H groups in total. The molecule has 1 aromatic rings. The zero-order valence-electron chi connectivity index (χ0n) is 18.2. The van der Waals surface area contributed by atoms with Crippen LogP contribution in [-0.4, -0.2) is 77.6 Å². The maximum absolute atomic E-state index is 12.9. The van der Waals surface area contributed by atoms with Gasteiger partial charge in [-0.1, -0.05) is 0 Å². The molecule has 2 saturated heterocycles. The Morgan fingerprint density at radius 2 is 1.73 bits per heavy atom. The van der Waals surface area contributed by atoms with Crippen molar-refractivity contribution in [1.82, 2.24) is 14.8 Å². The molecule has 0 saturated carbocycles. The van der Waals surface area contributed by atoms with Gasteiger partial charge in [-0.05, 0) is 52.7 Å². The van der Waals surface area contributed by atoms with Crippen LogP contribution in [0.3, 0.4) is 0 Å². The summed E-state index contributed by atoms with van der Waals surface area (Å²) < 4.78 is 10.7. The van der Waals surface area contributed by atoms with Crippen molar-refractivity contribution in [2.75, 3.05) is 32.8 Å². The Hall–Kier alpha value is -2.48. The third-order valence-electron chi connectivity index (χ3n) is 5.66. The van der Waals surface area contributed by atoms with Crippen LogP contribution in [0.1, 0.15) is 60.2 Å². The van der Waals surface area contributed by atoms with Crippen molar-refractivity contribution in [3.8, 4) is 0 Å². The topological polar surface area (TPSA) is 89.0 Å². The van der Waals surface area contributed by atoms with Gasteiger partial charge in [0.2, 0.25) is 5.91 Å². The van der Waals surface area contributed by atoms with Crippen LogP contribution >= 0.6 is 0 Å². The standard InChI is InChI=1S/C22H31N3O5/c1-5-29-22(28)18-6-7-19(23-16(18)4)21(27)24-10-8-17(9-11-24)20(26)25-12-14(2)30-15(3)13-25/h6-7,14-15,17H,5,8-13H2,1-4H3. The van der Waals surface area contributed by atoms with Crippen LogP contribution in [0.2, 0.25) is 0 Å². The molecule has 0 aliphatic carbocycles. The number of pyridine rings is 1. The molecule has 0 radical (unpaired) electrons. The average molecular weight is 418 g/mol. The molecular weight excluding hydrogens is 386 g/mol. The summed E-state index contributed by atoms with van der Waals surface area (Å²) in [6, 6.07) is 3.15. The van der Waals surface area contributed by atoms with E-state index in [-0.39, 0.29) is 36.5 Å². The van der Waals surface area contributed by atoms with Gasteiger partial charge in [0.15, 0.2) is 0 Å². The second-order valence-corrected chi connectivity index (χ2v) is 8.12. The quantitative estimate of drug-likeness (QED) is 0.697. The minimum absolute atomic E-state index is 0.0475. The first kappa shape index (κ1) is 22.2. The Balaban J connectivity index is 1.58. The third-order valence-corrected chi connectivity index (χ3v) is 5.66. The third kappa shape index (κ3) is 4.98. The van der Waals surface area contributed by atoms with Crippen molar-refractivity contribution in [2.45, 2.75) is 52.7 Å². The summed E-state index contributed by atoms with van der Waals surface area (Å²) in [6.45, 7) is 9.98. The fourth-order valence-corrected chi connectivity index (χ4v) is 4.21. The van der Waals surface area contributed by atoms with E-state index < -0.39 is 5.97 Å². The Labute approximate surface area is 177 Å². The van der Waals surface area contributed by atoms with Crippen LogP contribution in [0, 0.1) is 12.8 Å². The van der Waals surface area contributed by atoms with Crippen LogP contribution in [0.15, 0.2) is 12.1 Å². The lowest BCUT2D eigenvalue weighted by Gasteiger charge is -2.39. The van der Waals surface area contributed by atoms with E-state index in [0.29, 0.717) is 56.0 Å². The maximum Gasteiger partial charge on any atom is 0.339 e. The molecule has 2 amide bonds. The summed E-state index contributed by atoms with van der Waals surface area (Å²) in [5.74, 6) is -0.509. The highest BCUT2D eigenvalue weighted by atomic mass is 16.5. The summed E-state index contributed by atoms with van der Waals surface area (Å²) in [7, 11) is 0. The minimum Gasteiger partial charge on any atom is -0.462 e. The molecule has 8 nitrogen and oxygen atoms in total. The van der Waals surface area contributed by atoms with Crippen LogP contribution in [-0.2, 0) is 14.3 Å². The minimum atomic E-state index is -0.437. The Morgan fingerprint density at radius 1 is 1.10 bits per heavy atom. The molecule has 3 heterocycles. The van der Waals surface area contributed by atoms with Gasteiger partial charge in [0, 0.05) is 32.1 Å². The van der Waals surface area contributed by atoms with Gasteiger partial charge in [-0.3, -0.25) is 9.59 Å². The van der Waals surface area contributed by atoms with E-state index in [1.54, 1.807) is 30.9 Å². The number of likely N-dealkylation sites (tertiary alicyclic amines) is 1. The van der Waals surface area contributed by atoms with E-state index in [9.17, 15) is 14.4 Å². The van der Waals surface area contributed by atoms with Crippen LogP contribution in [0.4, 0.5) is 0 Å². The molecule has 3 rings (SSSR count). The first-order chi connectivity index (χ1) is 14.3. The summed E-state index contributed by atoms with van der Waals surface area (Å²) in [6.07, 6.45) is 1.38. The largest absolute Gasteiger partial charge is 0.462 e. The average Bonchev–Trinajstić information content (AvgIpc) is 2.72. The van der Waals surface area contributed by atoms with Crippen LogP contribution in [0.5, 0.6) is 0 Å². The molecule has 8 heteroatoms. The van der Waals surface area contributed by atoms with E-state index in [4.69, 9.17) is 9.47 Å². The number of hydrogen-bond donors (Lipinski definition) is 0. The van der Waals surface area contributed by atoms with Gasteiger partial charge >= 0.3 is 5.97 Å². The van der Waals surface area contributed by atoms with Crippen molar-refractivity contribution in [2.24, 2.45) is 5.92 Å². The van der Waals surface area contributed by atoms with E-state index in [0.717, 1.165) is 0 Å². The zero-order chi connectivity index (χ0) is 21.8. The van der Waals surface area contributed by atoms with Gasteiger partial charge in [-0.15, -0.1) is 0 Å². The van der Waals surface area contributed by atoms with Gasteiger partial charge < -0.3 is 19.3 Å². The summed E-state index contributed by atoms with van der Waals surface area (Å²) in [4.78, 5) is 45.6. The summed E-state index contributed by atoms with van der Waals surface area (Å²) in [5, 5.41) is 0. The second kappa shape index (κ2) is 9.55. The highest BCUT2D eigenvalue weighted by Gasteiger charge is 2.34. The number of ether oxygens (including phenoxy) is 2. The molecule has 0 aromatic carbocycles. The lowest BCUT2D eigenvalue weighted by Crippen LogP contribution is -2.51. The summed E-state index contributed by atoms with van der Waals surface area (Å²) >= 11 is 0. The molecule has 164 valence electrons. The van der Waals surface area contributed by atoms with E-state index >= 15 is 0 Å². The first-order valence-electron chi connectivity index (χ1n) is 10.7. The molecule has 2 fully saturated rings. The van der Waals surface area contributed by atoms with E-state index in [1.807, 2.05) is 18.7 Å². The molecule has 2 unspecified atom stereocenters. The highest BCUT2D eigenvalue weighted by molar-refractivity contribution is 5.95. The van der Waals surface area contributed by atoms with Gasteiger partial charge in [0.25, 0.3) is 5.91 Å².